The average molecular weight is 615 g/mol. The highest BCUT2D eigenvalue weighted by Gasteiger charge is 2.44. The zero-order chi connectivity index (χ0) is 31.6. The van der Waals surface area contributed by atoms with Crippen LogP contribution < -0.4 is 10.2 Å². The van der Waals surface area contributed by atoms with Crippen molar-refractivity contribution >= 4 is 17.5 Å². The summed E-state index contributed by atoms with van der Waals surface area (Å²) < 4.78 is 17.6. The number of rotatable bonds is 9. The first kappa shape index (κ1) is 30.8. The quantitative estimate of drug-likeness (QED) is 0.342. The van der Waals surface area contributed by atoms with Gasteiger partial charge in [0, 0.05) is 49.0 Å². The summed E-state index contributed by atoms with van der Waals surface area (Å²) in [5.41, 5.74) is 2.46. The molecule has 3 aliphatic heterocycles. The number of H-pyrrole nitrogens is 1. The van der Waals surface area contributed by atoms with Crippen molar-refractivity contribution in [2.45, 2.75) is 69.9 Å². The number of aromatic amines is 1. The molecule has 3 aliphatic rings. The van der Waals surface area contributed by atoms with Gasteiger partial charge < -0.3 is 29.4 Å². The van der Waals surface area contributed by atoms with Crippen LogP contribution in [0.1, 0.15) is 67.7 Å². The molecule has 2 aromatic heterocycles. The molecule has 2 N–H and O–H groups in total. The SMILES string of the molecule is C=C(OC1COC2OCCC12)N1CCC(NC(=O)C(c2cccnc2)N(C(=O)c2c[nH]cn2)c2ccc(C(C)(C)C)cc2)CC1. The zero-order valence-electron chi connectivity index (χ0n) is 26.1. The van der Waals surface area contributed by atoms with Gasteiger partial charge in [0.05, 0.1) is 25.5 Å². The highest BCUT2D eigenvalue weighted by atomic mass is 16.7. The van der Waals surface area contributed by atoms with Gasteiger partial charge in [-0.3, -0.25) is 19.5 Å². The molecule has 4 atom stereocenters. The molecular weight excluding hydrogens is 572 g/mol. The lowest BCUT2D eigenvalue weighted by atomic mass is 9.87. The molecule has 3 saturated heterocycles. The Morgan fingerprint density at radius 1 is 1.13 bits per heavy atom. The fourth-order valence-electron chi connectivity index (χ4n) is 6.31. The van der Waals surface area contributed by atoms with Gasteiger partial charge in [-0.15, -0.1) is 0 Å². The number of fused-ring (bicyclic) bond motifs is 1. The lowest BCUT2D eigenvalue weighted by Gasteiger charge is -2.37. The number of pyridine rings is 1. The normalized spacial score (nSPS) is 22.5. The Bertz CT molecular complexity index is 1460. The van der Waals surface area contributed by atoms with Gasteiger partial charge in [0.2, 0.25) is 5.91 Å². The minimum Gasteiger partial charge on any atom is -0.473 e. The summed E-state index contributed by atoms with van der Waals surface area (Å²) in [6.07, 6.45) is 8.39. The van der Waals surface area contributed by atoms with Crippen LogP contribution >= 0.6 is 0 Å². The van der Waals surface area contributed by atoms with Crippen LogP contribution in [0.15, 0.2) is 73.8 Å². The second-order valence-corrected chi connectivity index (χ2v) is 13.0. The third kappa shape index (κ3) is 6.74. The number of hydrogen-bond acceptors (Lipinski definition) is 8. The third-order valence-electron chi connectivity index (χ3n) is 8.92. The average Bonchev–Trinajstić information content (AvgIpc) is 3.81. The van der Waals surface area contributed by atoms with Crippen molar-refractivity contribution in [3.05, 3.63) is 90.6 Å². The molecule has 0 spiro atoms. The summed E-state index contributed by atoms with van der Waals surface area (Å²) in [6, 6.07) is 10.3. The van der Waals surface area contributed by atoms with Crippen molar-refractivity contribution in [3.63, 3.8) is 0 Å². The van der Waals surface area contributed by atoms with Crippen LogP contribution in [-0.2, 0) is 24.4 Å². The number of ether oxygens (including phenoxy) is 3. The van der Waals surface area contributed by atoms with E-state index in [1.54, 1.807) is 24.7 Å². The van der Waals surface area contributed by atoms with Crippen LogP contribution in [0.25, 0.3) is 0 Å². The predicted molar refractivity (Wildman–Crippen MR) is 168 cm³/mol. The van der Waals surface area contributed by atoms with E-state index in [1.807, 2.05) is 30.3 Å². The molecule has 3 fully saturated rings. The number of carbonyl (C=O) groups excluding carboxylic acids is 2. The molecule has 0 bridgehead atoms. The number of carbonyl (C=O) groups is 2. The first-order chi connectivity index (χ1) is 21.7. The van der Waals surface area contributed by atoms with Gasteiger partial charge in [-0.1, -0.05) is 39.0 Å². The van der Waals surface area contributed by atoms with Crippen LogP contribution in [0, 0.1) is 5.92 Å². The number of aromatic nitrogens is 3. The number of likely N-dealkylation sites (tertiary alicyclic amines) is 1. The lowest BCUT2D eigenvalue weighted by molar-refractivity contribution is -0.123. The smallest absolute Gasteiger partial charge is 0.279 e. The molecule has 11 heteroatoms. The van der Waals surface area contributed by atoms with Gasteiger partial charge in [-0.2, -0.15) is 0 Å². The van der Waals surface area contributed by atoms with Gasteiger partial charge in [0.15, 0.2) is 12.2 Å². The zero-order valence-corrected chi connectivity index (χ0v) is 26.1. The van der Waals surface area contributed by atoms with Crippen LogP contribution in [-0.4, -0.2) is 76.4 Å². The maximum Gasteiger partial charge on any atom is 0.279 e. The minimum atomic E-state index is -0.969. The Labute approximate surface area is 264 Å². The molecule has 0 radical (unpaired) electrons. The number of anilines is 1. The van der Waals surface area contributed by atoms with E-state index in [0.29, 0.717) is 56.3 Å². The van der Waals surface area contributed by atoms with Crippen molar-refractivity contribution in [2.75, 3.05) is 31.2 Å². The monoisotopic (exact) mass is 614 g/mol. The maximum absolute atomic E-state index is 14.2. The Morgan fingerprint density at radius 2 is 1.91 bits per heavy atom. The van der Waals surface area contributed by atoms with Crippen LogP contribution in [0.2, 0.25) is 0 Å². The number of imidazole rings is 1. The highest BCUT2D eigenvalue weighted by molar-refractivity contribution is 6.09. The summed E-state index contributed by atoms with van der Waals surface area (Å²) in [6.45, 7) is 13.2. The number of piperidine rings is 1. The fourth-order valence-corrected chi connectivity index (χ4v) is 6.31. The third-order valence-corrected chi connectivity index (χ3v) is 8.92. The van der Waals surface area contributed by atoms with Crippen molar-refractivity contribution in [2.24, 2.45) is 5.92 Å². The van der Waals surface area contributed by atoms with E-state index in [0.717, 1.165) is 12.0 Å². The number of hydrogen-bond donors (Lipinski definition) is 2. The topological polar surface area (TPSA) is 122 Å². The second kappa shape index (κ2) is 13.0. The van der Waals surface area contributed by atoms with E-state index in [4.69, 9.17) is 14.2 Å². The van der Waals surface area contributed by atoms with Crippen LogP contribution in [0.5, 0.6) is 0 Å². The first-order valence-electron chi connectivity index (χ1n) is 15.7. The number of amides is 2. The van der Waals surface area contributed by atoms with Crippen molar-refractivity contribution in [1.82, 2.24) is 25.2 Å². The lowest BCUT2D eigenvalue weighted by Crippen LogP contribution is -2.50. The molecule has 11 nitrogen and oxygen atoms in total. The molecule has 1 aromatic carbocycles. The van der Waals surface area contributed by atoms with E-state index in [-0.39, 0.29) is 41.4 Å². The summed E-state index contributed by atoms with van der Waals surface area (Å²) in [7, 11) is 0. The molecule has 3 aromatic rings. The standard InChI is InChI=1S/C34H42N6O5/c1-22(45-29-20-44-33-27(29)13-17-43-33)39-15-11-25(12-16-39)38-31(41)30(23-6-5-14-35-18-23)40(32(42)28-19-36-21-37-28)26-9-7-24(8-10-26)34(2,3)4/h5-10,14,18-19,21,25,27,29-30,33H,1,11-13,15-17,20H2,2-4H3,(H,36,37)(H,38,41). The van der Waals surface area contributed by atoms with E-state index in [1.165, 1.54) is 11.2 Å². The maximum atomic E-state index is 14.2. The van der Waals surface area contributed by atoms with E-state index < -0.39 is 11.9 Å². The van der Waals surface area contributed by atoms with E-state index in [9.17, 15) is 9.59 Å². The molecule has 0 saturated carbocycles. The summed E-state index contributed by atoms with van der Waals surface area (Å²) in [5, 5.41) is 3.24. The largest absolute Gasteiger partial charge is 0.473 e. The first-order valence-corrected chi connectivity index (χ1v) is 15.7. The van der Waals surface area contributed by atoms with Crippen molar-refractivity contribution < 1.29 is 23.8 Å². The van der Waals surface area contributed by atoms with Gasteiger partial charge >= 0.3 is 0 Å². The fraction of sp³-hybridized carbons (Fsp3) is 0.471. The Hall–Kier alpha value is -4.22. The second-order valence-electron chi connectivity index (χ2n) is 13.0. The Morgan fingerprint density at radius 3 is 2.58 bits per heavy atom. The summed E-state index contributed by atoms with van der Waals surface area (Å²) in [5.74, 6) is 0.192. The molecule has 6 rings (SSSR count). The molecular formula is C34H42N6O5. The van der Waals surface area contributed by atoms with Gasteiger partial charge in [0.1, 0.15) is 17.8 Å². The summed E-state index contributed by atoms with van der Waals surface area (Å²) >= 11 is 0. The highest BCUT2D eigenvalue weighted by Crippen LogP contribution is 2.35. The van der Waals surface area contributed by atoms with Crippen LogP contribution in [0.3, 0.4) is 0 Å². The molecule has 4 unspecified atom stereocenters. The predicted octanol–water partition coefficient (Wildman–Crippen LogP) is 4.32. The number of benzene rings is 1. The molecule has 5 heterocycles. The van der Waals surface area contributed by atoms with Crippen molar-refractivity contribution in [3.8, 4) is 0 Å². The minimum absolute atomic E-state index is 0.0573. The van der Waals surface area contributed by atoms with Gasteiger partial charge in [0.25, 0.3) is 5.91 Å². The number of nitrogens with zero attached hydrogens (tertiary/aromatic N) is 4. The summed E-state index contributed by atoms with van der Waals surface area (Å²) in [4.78, 5) is 43.3. The van der Waals surface area contributed by atoms with Crippen LogP contribution in [0.4, 0.5) is 5.69 Å². The molecule has 2 amide bonds. The molecule has 238 valence electrons. The van der Waals surface area contributed by atoms with E-state index >= 15 is 0 Å². The number of nitrogens with one attached hydrogen (secondary N) is 2. The molecule has 45 heavy (non-hydrogen) atoms. The van der Waals surface area contributed by atoms with Gasteiger partial charge in [-0.05, 0) is 55.0 Å². The molecule has 0 aliphatic carbocycles. The van der Waals surface area contributed by atoms with Crippen molar-refractivity contribution in [1.29, 1.82) is 0 Å². The Kier molecular flexibility index (Phi) is 8.91. The van der Waals surface area contributed by atoms with E-state index in [2.05, 4.69) is 52.5 Å². The Balaban J connectivity index is 1.19. The van der Waals surface area contributed by atoms with Gasteiger partial charge in [-0.25, -0.2) is 4.98 Å².